The number of aryl methyl sites for hydroxylation is 1. The van der Waals surface area contributed by atoms with Crippen molar-refractivity contribution in [1.29, 1.82) is 0 Å². The van der Waals surface area contributed by atoms with E-state index in [-0.39, 0.29) is 11.8 Å². The van der Waals surface area contributed by atoms with Crippen LogP contribution >= 0.6 is 0 Å². The van der Waals surface area contributed by atoms with Gasteiger partial charge in [-0.25, -0.2) is 14.2 Å². The third-order valence-electron chi connectivity index (χ3n) is 6.70. The predicted molar refractivity (Wildman–Crippen MR) is 116 cm³/mol. The molecule has 162 valence electrons. The molecule has 0 atom stereocenters. The first-order valence-corrected chi connectivity index (χ1v) is 11.4. The van der Waals surface area contributed by atoms with Crippen LogP contribution in [0.4, 0.5) is 9.18 Å². The molecular weight excluding hydrogens is 379 g/mol. The Kier molecular flexibility index (Phi) is 6.70. The summed E-state index contributed by atoms with van der Waals surface area (Å²) in [4.78, 5) is 19.2. The SMILES string of the molecule is Cc1cnc(CC2CCN(C(=O)NC3CCCCC3)CC2)n1Cc1ccc(F)cc1. The molecule has 2 heterocycles. The molecule has 1 N–H and O–H groups in total. The highest BCUT2D eigenvalue weighted by Crippen LogP contribution is 2.23. The van der Waals surface area contributed by atoms with Crippen LogP contribution in [0.15, 0.2) is 30.5 Å². The lowest BCUT2D eigenvalue weighted by atomic mass is 9.93. The number of carbonyl (C=O) groups excluding carboxylic acids is 1. The van der Waals surface area contributed by atoms with Gasteiger partial charge in [-0.1, -0.05) is 31.4 Å². The molecule has 1 saturated carbocycles. The van der Waals surface area contributed by atoms with Crippen molar-refractivity contribution in [3.63, 3.8) is 0 Å². The Balaban J connectivity index is 1.30. The number of piperidine rings is 1. The van der Waals surface area contributed by atoms with E-state index in [1.807, 2.05) is 23.2 Å². The van der Waals surface area contributed by atoms with Crippen LogP contribution in [0.3, 0.4) is 0 Å². The molecule has 0 radical (unpaired) electrons. The van der Waals surface area contributed by atoms with E-state index < -0.39 is 0 Å². The van der Waals surface area contributed by atoms with Gasteiger partial charge in [-0.05, 0) is 56.2 Å². The summed E-state index contributed by atoms with van der Waals surface area (Å²) in [5.74, 6) is 1.42. The summed E-state index contributed by atoms with van der Waals surface area (Å²) >= 11 is 0. The third kappa shape index (κ3) is 5.21. The Morgan fingerprint density at radius 1 is 1.10 bits per heavy atom. The molecule has 1 aromatic heterocycles. The number of hydrogen-bond donors (Lipinski definition) is 1. The van der Waals surface area contributed by atoms with E-state index in [9.17, 15) is 9.18 Å². The number of nitrogens with zero attached hydrogens (tertiary/aromatic N) is 3. The van der Waals surface area contributed by atoms with Crippen molar-refractivity contribution >= 4 is 6.03 Å². The number of benzene rings is 1. The summed E-state index contributed by atoms with van der Waals surface area (Å²) in [5, 5.41) is 3.24. The van der Waals surface area contributed by atoms with E-state index in [2.05, 4.69) is 21.8 Å². The summed E-state index contributed by atoms with van der Waals surface area (Å²) in [6.45, 7) is 4.42. The third-order valence-corrected chi connectivity index (χ3v) is 6.70. The number of carbonyl (C=O) groups is 1. The zero-order chi connectivity index (χ0) is 20.9. The molecule has 30 heavy (non-hydrogen) atoms. The summed E-state index contributed by atoms with van der Waals surface area (Å²) in [5.41, 5.74) is 2.20. The van der Waals surface area contributed by atoms with Gasteiger partial charge in [-0.2, -0.15) is 0 Å². The summed E-state index contributed by atoms with van der Waals surface area (Å²) in [7, 11) is 0. The molecule has 0 bridgehead atoms. The number of aromatic nitrogens is 2. The maximum absolute atomic E-state index is 13.2. The predicted octanol–water partition coefficient (Wildman–Crippen LogP) is 4.68. The molecule has 6 heteroatoms. The van der Waals surface area contributed by atoms with E-state index in [0.717, 1.165) is 62.3 Å². The number of amides is 2. The van der Waals surface area contributed by atoms with Crippen LogP contribution in [0.1, 0.15) is 62.0 Å². The lowest BCUT2D eigenvalue weighted by molar-refractivity contribution is 0.163. The molecular formula is C24H33FN4O. The molecule has 2 aliphatic rings. The Hall–Kier alpha value is -2.37. The highest BCUT2D eigenvalue weighted by Gasteiger charge is 2.26. The van der Waals surface area contributed by atoms with E-state index >= 15 is 0 Å². The van der Waals surface area contributed by atoms with Crippen molar-refractivity contribution in [2.75, 3.05) is 13.1 Å². The zero-order valence-electron chi connectivity index (χ0n) is 17.9. The van der Waals surface area contributed by atoms with Gasteiger partial charge < -0.3 is 14.8 Å². The largest absolute Gasteiger partial charge is 0.335 e. The Bertz CT molecular complexity index is 833. The molecule has 2 aromatic rings. The smallest absolute Gasteiger partial charge is 0.317 e. The average molecular weight is 413 g/mol. The molecule has 4 rings (SSSR count). The van der Waals surface area contributed by atoms with Crippen molar-refractivity contribution < 1.29 is 9.18 Å². The first-order chi connectivity index (χ1) is 14.6. The topological polar surface area (TPSA) is 50.2 Å². The van der Waals surface area contributed by atoms with Crippen molar-refractivity contribution in [2.24, 2.45) is 5.92 Å². The maximum atomic E-state index is 13.2. The van der Waals surface area contributed by atoms with Gasteiger partial charge in [0.25, 0.3) is 0 Å². The average Bonchev–Trinajstić information content (AvgIpc) is 3.10. The number of likely N-dealkylation sites (tertiary alicyclic amines) is 1. The van der Waals surface area contributed by atoms with E-state index in [1.165, 1.54) is 31.4 Å². The molecule has 5 nitrogen and oxygen atoms in total. The maximum Gasteiger partial charge on any atom is 0.317 e. The molecule has 1 saturated heterocycles. The van der Waals surface area contributed by atoms with Gasteiger partial charge in [0, 0.05) is 44.0 Å². The van der Waals surface area contributed by atoms with Crippen molar-refractivity contribution in [3.8, 4) is 0 Å². The van der Waals surface area contributed by atoms with E-state index in [0.29, 0.717) is 18.5 Å². The number of rotatable bonds is 5. The fourth-order valence-electron chi connectivity index (χ4n) is 4.77. The fraction of sp³-hybridized carbons (Fsp3) is 0.583. The monoisotopic (exact) mass is 412 g/mol. The highest BCUT2D eigenvalue weighted by molar-refractivity contribution is 5.74. The minimum absolute atomic E-state index is 0.119. The molecule has 1 aromatic carbocycles. The number of hydrogen-bond acceptors (Lipinski definition) is 2. The van der Waals surface area contributed by atoms with Crippen LogP contribution in [-0.2, 0) is 13.0 Å². The fourth-order valence-corrected chi connectivity index (χ4v) is 4.77. The minimum Gasteiger partial charge on any atom is -0.335 e. The second kappa shape index (κ2) is 9.63. The van der Waals surface area contributed by atoms with Gasteiger partial charge in [0.05, 0.1) is 0 Å². The van der Waals surface area contributed by atoms with Crippen LogP contribution in [0.5, 0.6) is 0 Å². The molecule has 1 aliphatic carbocycles. The van der Waals surface area contributed by atoms with Gasteiger partial charge in [-0.3, -0.25) is 0 Å². The second-order valence-corrected chi connectivity index (χ2v) is 8.95. The first kappa shape index (κ1) is 20.9. The molecule has 1 aliphatic heterocycles. The van der Waals surface area contributed by atoms with Gasteiger partial charge >= 0.3 is 6.03 Å². The number of halogens is 1. The standard InChI is InChI=1S/C24H33FN4O/c1-18-16-26-23(29(18)17-20-7-9-21(25)10-8-20)15-19-11-13-28(14-12-19)24(30)27-22-5-3-2-4-6-22/h7-10,16,19,22H,2-6,11-15,17H2,1H3,(H,27,30). The molecule has 2 fully saturated rings. The molecule has 2 amide bonds. The number of urea groups is 1. The quantitative estimate of drug-likeness (QED) is 0.775. The first-order valence-electron chi connectivity index (χ1n) is 11.4. The number of imidazole rings is 1. The van der Waals surface area contributed by atoms with Gasteiger partial charge in [0.1, 0.15) is 11.6 Å². The lowest BCUT2D eigenvalue weighted by Gasteiger charge is -2.34. The van der Waals surface area contributed by atoms with E-state index in [1.54, 1.807) is 0 Å². The lowest BCUT2D eigenvalue weighted by Crippen LogP contribution is -2.48. The summed E-state index contributed by atoms with van der Waals surface area (Å²) < 4.78 is 15.4. The van der Waals surface area contributed by atoms with E-state index in [4.69, 9.17) is 0 Å². The number of nitrogens with one attached hydrogen (secondary N) is 1. The normalized spacial score (nSPS) is 18.5. The summed E-state index contributed by atoms with van der Waals surface area (Å²) in [6, 6.07) is 7.18. The van der Waals surface area contributed by atoms with Crippen molar-refractivity contribution in [3.05, 3.63) is 53.4 Å². The van der Waals surface area contributed by atoms with Crippen LogP contribution in [-0.4, -0.2) is 39.6 Å². The Morgan fingerprint density at radius 2 is 1.80 bits per heavy atom. The Labute approximate surface area is 178 Å². The Morgan fingerprint density at radius 3 is 2.50 bits per heavy atom. The van der Waals surface area contributed by atoms with Gasteiger partial charge in [0.15, 0.2) is 0 Å². The van der Waals surface area contributed by atoms with Crippen LogP contribution in [0.25, 0.3) is 0 Å². The highest BCUT2D eigenvalue weighted by atomic mass is 19.1. The van der Waals surface area contributed by atoms with Crippen LogP contribution in [0, 0.1) is 18.7 Å². The molecule has 0 unspecified atom stereocenters. The second-order valence-electron chi connectivity index (χ2n) is 8.95. The van der Waals surface area contributed by atoms with Crippen molar-refractivity contribution in [1.82, 2.24) is 19.8 Å². The van der Waals surface area contributed by atoms with Gasteiger partial charge in [0.2, 0.25) is 0 Å². The van der Waals surface area contributed by atoms with Crippen LogP contribution in [0.2, 0.25) is 0 Å². The minimum atomic E-state index is -0.208. The summed E-state index contributed by atoms with van der Waals surface area (Å²) in [6.07, 6.45) is 10.9. The van der Waals surface area contributed by atoms with Crippen LogP contribution < -0.4 is 5.32 Å². The molecule has 0 spiro atoms. The van der Waals surface area contributed by atoms with Gasteiger partial charge in [-0.15, -0.1) is 0 Å². The zero-order valence-corrected chi connectivity index (χ0v) is 17.9. The van der Waals surface area contributed by atoms with Crippen molar-refractivity contribution in [2.45, 2.75) is 70.9 Å².